The van der Waals surface area contributed by atoms with E-state index >= 15 is 0 Å². The van der Waals surface area contributed by atoms with Gasteiger partial charge in [-0.3, -0.25) is 4.90 Å². The Labute approximate surface area is 122 Å². The fraction of sp³-hybridized carbons (Fsp3) is 0.647. The van der Waals surface area contributed by atoms with Gasteiger partial charge >= 0.3 is 0 Å². The summed E-state index contributed by atoms with van der Waals surface area (Å²) in [4.78, 5) is 2.37. The SMILES string of the molecule is Cc1ccc(F)c(C(CN)N2CCCC(C)(C)CC2)c1. The van der Waals surface area contributed by atoms with Gasteiger partial charge in [0, 0.05) is 18.2 Å². The summed E-state index contributed by atoms with van der Waals surface area (Å²) < 4.78 is 14.1. The highest BCUT2D eigenvalue weighted by molar-refractivity contribution is 5.27. The normalized spacial score (nSPS) is 21.4. The van der Waals surface area contributed by atoms with Crippen LogP contribution in [0.2, 0.25) is 0 Å². The van der Waals surface area contributed by atoms with E-state index in [1.54, 1.807) is 6.07 Å². The molecule has 0 amide bonds. The molecule has 2 N–H and O–H groups in total. The summed E-state index contributed by atoms with van der Waals surface area (Å²) in [5.74, 6) is -0.130. The molecule has 1 aliphatic rings. The van der Waals surface area contributed by atoms with Gasteiger partial charge in [0.2, 0.25) is 0 Å². The summed E-state index contributed by atoms with van der Waals surface area (Å²) in [5, 5.41) is 0. The van der Waals surface area contributed by atoms with Crippen LogP contribution in [0.5, 0.6) is 0 Å². The number of nitrogens with zero attached hydrogens (tertiary/aromatic N) is 1. The molecule has 0 aliphatic carbocycles. The highest BCUT2D eigenvalue weighted by atomic mass is 19.1. The fourth-order valence-electron chi connectivity index (χ4n) is 3.15. The summed E-state index contributed by atoms with van der Waals surface area (Å²) in [6.07, 6.45) is 3.55. The first-order chi connectivity index (χ1) is 9.43. The molecule has 2 nitrogen and oxygen atoms in total. The van der Waals surface area contributed by atoms with Crippen molar-refractivity contribution in [2.24, 2.45) is 11.1 Å². The molecule has 1 aliphatic heterocycles. The summed E-state index contributed by atoms with van der Waals surface area (Å²) in [6.45, 7) is 9.13. The molecule has 1 atom stereocenters. The molecule has 1 heterocycles. The molecule has 3 heteroatoms. The van der Waals surface area contributed by atoms with Gasteiger partial charge in [-0.2, -0.15) is 0 Å². The second-order valence-corrected chi connectivity index (χ2v) is 6.83. The minimum atomic E-state index is -0.130. The van der Waals surface area contributed by atoms with Gasteiger partial charge in [0.1, 0.15) is 5.82 Å². The van der Waals surface area contributed by atoms with Crippen molar-refractivity contribution >= 4 is 0 Å². The Hall–Kier alpha value is -0.930. The largest absolute Gasteiger partial charge is 0.329 e. The van der Waals surface area contributed by atoms with Crippen LogP contribution in [0.15, 0.2) is 18.2 Å². The lowest BCUT2D eigenvalue weighted by molar-refractivity contribution is 0.196. The molecule has 0 saturated carbocycles. The Balaban J connectivity index is 2.21. The number of aryl methyl sites for hydroxylation is 1. The second-order valence-electron chi connectivity index (χ2n) is 6.83. The zero-order valence-electron chi connectivity index (χ0n) is 13.0. The molecule has 20 heavy (non-hydrogen) atoms. The lowest BCUT2D eigenvalue weighted by atomic mass is 9.85. The van der Waals surface area contributed by atoms with E-state index in [0.29, 0.717) is 12.0 Å². The first-order valence-electron chi connectivity index (χ1n) is 7.63. The lowest BCUT2D eigenvalue weighted by Gasteiger charge is -2.31. The second kappa shape index (κ2) is 6.23. The predicted molar refractivity (Wildman–Crippen MR) is 82.1 cm³/mol. The van der Waals surface area contributed by atoms with Crippen LogP contribution in [0.4, 0.5) is 4.39 Å². The molecule has 1 aromatic carbocycles. The minimum Gasteiger partial charge on any atom is -0.329 e. The van der Waals surface area contributed by atoms with Crippen LogP contribution < -0.4 is 5.73 Å². The first-order valence-corrected chi connectivity index (χ1v) is 7.63. The number of hydrogen-bond donors (Lipinski definition) is 1. The molecular weight excluding hydrogens is 251 g/mol. The van der Waals surface area contributed by atoms with Crippen LogP contribution in [0, 0.1) is 18.2 Å². The van der Waals surface area contributed by atoms with E-state index in [2.05, 4.69) is 18.7 Å². The molecule has 112 valence electrons. The van der Waals surface area contributed by atoms with Crippen LogP contribution >= 0.6 is 0 Å². The van der Waals surface area contributed by atoms with Crippen LogP contribution in [-0.4, -0.2) is 24.5 Å². The number of halogens is 1. The molecule has 1 saturated heterocycles. The van der Waals surface area contributed by atoms with E-state index in [1.165, 1.54) is 6.42 Å². The van der Waals surface area contributed by atoms with Gasteiger partial charge in [-0.25, -0.2) is 4.39 Å². The molecular formula is C17H27FN2. The molecule has 0 aromatic heterocycles. The van der Waals surface area contributed by atoms with Crippen LogP contribution in [0.1, 0.15) is 50.3 Å². The van der Waals surface area contributed by atoms with Crippen molar-refractivity contribution in [3.05, 3.63) is 35.1 Å². The quantitative estimate of drug-likeness (QED) is 0.914. The predicted octanol–water partition coefficient (Wildman–Crippen LogP) is 3.65. The van der Waals surface area contributed by atoms with E-state index in [-0.39, 0.29) is 11.9 Å². The summed E-state index contributed by atoms with van der Waals surface area (Å²) in [6, 6.07) is 5.33. The van der Waals surface area contributed by atoms with Gasteiger partial charge < -0.3 is 5.73 Å². The highest BCUT2D eigenvalue weighted by Gasteiger charge is 2.28. The van der Waals surface area contributed by atoms with E-state index in [1.807, 2.05) is 19.1 Å². The average molecular weight is 278 g/mol. The Kier molecular flexibility index (Phi) is 4.82. The third-order valence-corrected chi connectivity index (χ3v) is 4.55. The third kappa shape index (κ3) is 3.58. The van der Waals surface area contributed by atoms with Crippen molar-refractivity contribution in [3.63, 3.8) is 0 Å². The van der Waals surface area contributed by atoms with E-state index in [0.717, 1.165) is 37.1 Å². The van der Waals surface area contributed by atoms with Crippen LogP contribution in [0.3, 0.4) is 0 Å². The van der Waals surface area contributed by atoms with Crippen molar-refractivity contribution in [3.8, 4) is 0 Å². The summed E-state index contributed by atoms with van der Waals surface area (Å²) in [5.41, 5.74) is 8.20. The maximum absolute atomic E-state index is 14.1. The number of hydrogen-bond acceptors (Lipinski definition) is 2. The average Bonchev–Trinajstić information content (AvgIpc) is 2.56. The van der Waals surface area contributed by atoms with E-state index < -0.39 is 0 Å². The van der Waals surface area contributed by atoms with Crippen LogP contribution in [-0.2, 0) is 0 Å². The molecule has 0 spiro atoms. The standard InChI is InChI=1S/C17H27FN2/c1-13-5-6-15(18)14(11-13)16(12-19)20-9-4-7-17(2,3)8-10-20/h5-6,11,16H,4,7-10,12,19H2,1-3H3. The molecule has 1 unspecified atom stereocenters. The van der Waals surface area contributed by atoms with Crippen molar-refractivity contribution in [2.45, 2.75) is 46.1 Å². The van der Waals surface area contributed by atoms with Gasteiger partial charge in [0.05, 0.1) is 0 Å². The number of nitrogens with two attached hydrogens (primary N) is 1. The zero-order valence-corrected chi connectivity index (χ0v) is 13.0. The van der Waals surface area contributed by atoms with Gasteiger partial charge in [-0.05, 0) is 50.8 Å². The zero-order chi connectivity index (χ0) is 14.8. The Morgan fingerprint density at radius 1 is 1.30 bits per heavy atom. The minimum absolute atomic E-state index is 0.00352. The molecule has 0 bridgehead atoms. The summed E-state index contributed by atoms with van der Waals surface area (Å²) >= 11 is 0. The van der Waals surface area contributed by atoms with Gasteiger partial charge in [0.25, 0.3) is 0 Å². The highest BCUT2D eigenvalue weighted by Crippen LogP contribution is 2.33. The number of benzene rings is 1. The Morgan fingerprint density at radius 2 is 2.05 bits per heavy atom. The van der Waals surface area contributed by atoms with Crippen molar-refractivity contribution < 1.29 is 4.39 Å². The fourth-order valence-corrected chi connectivity index (χ4v) is 3.15. The Morgan fingerprint density at radius 3 is 2.75 bits per heavy atom. The first kappa shape index (κ1) is 15.5. The Bertz CT molecular complexity index is 456. The smallest absolute Gasteiger partial charge is 0.128 e. The van der Waals surface area contributed by atoms with Gasteiger partial charge in [-0.15, -0.1) is 0 Å². The maximum Gasteiger partial charge on any atom is 0.128 e. The van der Waals surface area contributed by atoms with Crippen LogP contribution in [0.25, 0.3) is 0 Å². The monoisotopic (exact) mass is 278 g/mol. The van der Waals surface area contributed by atoms with Crippen molar-refractivity contribution in [1.29, 1.82) is 0 Å². The van der Waals surface area contributed by atoms with E-state index in [9.17, 15) is 4.39 Å². The molecule has 1 aromatic rings. The lowest BCUT2D eigenvalue weighted by Crippen LogP contribution is -2.35. The van der Waals surface area contributed by atoms with Crippen molar-refractivity contribution in [2.75, 3.05) is 19.6 Å². The van der Waals surface area contributed by atoms with Gasteiger partial charge in [-0.1, -0.05) is 31.5 Å². The topological polar surface area (TPSA) is 29.3 Å². The molecule has 2 rings (SSSR count). The number of rotatable bonds is 3. The molecule has 0 radical (unpaired) electrons. The maximum atomic E-state index is 14.1. The van der Waals surface area contributed by atoms with E-state index in [4.69, 9.17) is 5.73 Å². The third-order valence-electron chi connectivity index (χ3n) is 4.55. The van der Waals surface area contributed by atoms with Crippen molar-refractivity contribution in [1.82, 2.24) is 4.90 Å². The number of likely N-dealkylation sites (tertiary alicyclic amines) is 1. The summed E-state index contributed by atoms with van der Waals surface area (Å²) in [7, 11) is 0. The van der Waals surface area contributed by atoms with Gasteiger partial charge in [0.15, 0.2) is 0 Å². The molecule has 1 fully saturated rings.